The highest BCUT2D eigenvalue weighted by Gasteiger charge is 2.41. The summed E-state index contributed by atoms with van der Waals surface area (Å²) in [5.41, 5.74) is 0. The fourth-order valence-corrected chi connectivity index (χ4v) is 3.12. The van der Waals surface area contributed by atoms with E-state index in [4.69, 9.17) is 4.74 Å². The largest absolute Gasteiger partial charge is 0.481 e. The third-order valence-corrected chi connectivity index (χ3v) is 4.78. The van der Waals surface area contributed by atoms with Gasteiger partial charge in [0.05, 0.1) is 12.5 Å². The lowest BCUT2D eigenvalue weighted by atomic mass is 9.99. The van der Waals surface area contributed by atoms with Crippen molar-refractivity contribution in [1.29, 1.82) is 0 Å². The number of hydrogen-bond acceptors (Lipinski definition) is 3. The number of nitrogens with zero attached hydrogens (tertiary/aromatic N) is 2. The van der Waals surface area contributed by atoms with Crippen LogP contribution in [0.2, 0.25) is 0 Å². The molecule has 6 heteroatoms. The van der Waals surface area contributed by atoms with Crippen LogP contribution in [0.5, 0.6) is 0 Å². The minimum absolute atomic E-state index is 0.00644. The monoisotopic (exact) mass is 298 g/mol. The van der Waals surface area contributed by atoms with Crippen LogP contribution in [0.4, 0.5) is 4.79 Å². The Bertz CT molecular complexity index is 397. The summed E-state index contributed by atoms with van der Waals surface area (Å²) in [6, 6.07) is 0.161. The molecule has 2 amide bonds. The number of carbonyl (C=O) groups excluding carboxylic acids is 1. The maximum atomic E-state index is 12.7. The van der Waals surface area contributed by atoms with E-state index in [1.807, 2.05) is 11.8 Å². The van der Waals surface area contributed by atoms with Crippen molar-refractivity contribution in [2.24, 2.45) is 17.8 Å². The first kappa shape index (κ1) is 16.1. The molecule has 0 aromatic rings. The number of methoxy groups -OCH3 is 1. The van der Waals surface area contributed by atoms with E-state index in [1.165, 1.54) is 12.8 Å². The number of likely N-dealkylation sites (tertiary alicyclic amines) is 1. The molecule has 1 aliphatic heterocycles. The predicted octanol–water partition coefficient (Wildman–Crippen LogP) is 1.51. The predicted molar refractivity (Wildman–Crippen MR) is 78.0 cm³/mol. The molecule has 0 spiro atoms. The van der Waals surface area contributed by atoms with Crippen molar-refractivity contribution in [3.05, 3.63) is 0 Å². The summed E-state index contributed by atoms with van der Waals surface area (Å²) in [5, 5.41) is 9.20. The summed E-state index contributed by atoms with van der Waals surface area (Å²) < 4.78 is 5.11. The molecule has 1 heterocycles. The molecule has 2 fully saturated rings. The number of urea groups is 1. The Labute approximate surface area is 126 Å². The lowest BCUT2D eigenvalue weighted by Crippen LogP contribution is -2.48. The third-order valence-electron chi connectivity index (χ3n) is 4.78. The number of carbonyl (C=O) groups is 2. The number of amides is 2. The van der Waals surface area contributed by atoms with Gasteiger partial charge in [0.1, 0.15) is 0 Å². The molecular formula is C15H26N2O4. The standard InChI is InChI=1S/C15H26N2O4/c1-10-8-16(9-13(10)14(18)19)15(20)17(6-7-21-3)11(2)12-4-5-12/h10-13H,4-9H2,1-3H3,(H,18,19)/t10-,11?,13-/m1/s1. The van der Waals surface area contributed by atoms with Gasteiger partial charge in [0.2, 0.25) is 0 Å². The van der Waals surface area contributed by atoms with E-state index in [2.05, 4.69) is 6.92 Å². The number of aliphatic carboxylic acids is 1. The number of hydrogen-bond donors (Lipinski definition) is 1. The number of carboxylic acids is 1. The molecule has 3 atom stereocenters. The summed E-state index contributed by atoms with van der Waals surface area (Å²) in [7, 11) is 1.63. The lowest BCUT2D eigenvalue weighted by molar-refractivity contribution is -0.142. The second kappa shape index (κ2) is 6.64. The van der Waals surface area contributed by atoms with Crippen molar-refractivity contribution in [1.82, 2.24) is 9.80 Å². The first-order valence-electron chi connectivity index (χ1n) is 7.73. The van der Waals surface area contributed by atoms with Gasteiger partial charge in [-0.25, -0.2) is 4.79 Å². The van der Waals surface area contributed by atoms with E-state index in [9.17, 15) is 14.7 Å². The van der Waals surface area contributed by atoms with Crippen molar-refractivity contribution in [3.8, 4) is 0 Å². The SMILES string of the molecule is COCCN(C(=O)N1C[C@@H](C)[C@H](C(=O)O)C1)C(C)C1CC1. The molecule has 0 aromatic carbocycles. The molecule has 21 heavy (non-hydrogen) atoms. The van der Waals surface area contributed by atoms with Gasteiger partial charge < -0.3 is 19.6 Å². The van der Waals surface area contributed by atoms with Gasteiger partial charge in [0.15, 0.2) is 0 Å². The first-order chi connectivity index (χ1) is 9.95. The van der Waals surface area contributed by atoms with Crippen molar-refractivity contribution in [3.63, 3.8) is 0 Å². The normalized spacial score (nSPS) is 26.7. The van der Waals surface area contributed by atoms with Crippen LogP contribution >= 0.6 is 0 Å². The van der Waals surface area contributed by atoms with Gasteiger partial charge in [-0.2, -0.15) is 0 Å². The zero-order valence-corrected chi connectivity index (χ0v) is 13.1. The van der Waals surface area contributed by atoms with E-state index >= 15 is 0 Å². The Morgan fingerprint density at radius 2 is 2.05 bits per heavy atom. The second-order valence-electron chi connectivity index (χ2n) is 6.37. The van der Waals surface area contributed by atoms with Crippen molar-refractivity contribution in [2.75, 3.05) is 33.4 Å². The van der Waals surface area contributed by atoms with Gasteiger partial charge in [-0.15, -0.1) is 0 Å². The van der Waals surface area contributed by atoms with Crippen LogP contribution in [0.3, 0.4) is 0 Å². The van der Waals surface area contributed by atoms with Gasteiger partial charge in [-0.3, -0.25) is 4.79 Å². The highest BCUT2D eigenvalue weighted by atomic mass is 16.5. The van der Waals surface area contributed by atoms with Crippen LogP contribution in [0.25, 0.3) is 0 Å². The average Bonchev–Trinajstić information content (AvgIpc) is 3.21. The van der Waals surface area contributed by atoms with Crippen molar-refractivity contribution in [2.45, 2.75) is 32.7 Å². The molecule has 1 aliphatic carbocycles. The van der Waals surface area contributed by atoms with Crippen LogP contribution in [0.15, 0.2) is 0 Å². The highest BCUT2D eigenvalue weighted by Crippen LogP contribution is 2.36. The fraction of sp³-hybridized carbons (Fsp3) is 0.867. The molecule has 2 aliphatic rings. The Balaban J connectivity index is 2.02. The van der Waals surface area contributed by atoms with Gasteiger partial charge in [-0.1, -0.05) is 6.92 Å². The Hall–Kier alpha value is -1.30. The van der Waals surface area contributed by atoms with Crippen LogP contribution in [0, 0.1) is 17.8 Å². The summed E-state index contributed by atoms with van der Waals surface area (Å²) in [5.74, 6) is -0.668. The Morgan fingerprint density at radius 1 is 1.38 bits per heavy atom. The van der Waals surface area contributed by atoms with E-state index in [-0.39, 0.29) is 18.0 Å². The van der Waals surface area contributed by atoms with E-state index in [0.717, 1.165) is 0 Å². The molecule has 0 aromatic heterocycles. The van der Waals surface area contributed by atoms with Crippen molar-refractivity contribution >= 4 is 12.0 Å². The maximum absolute atomic E-state index is 12.7. The van der Waals surface area contributed by atoms with Crippen LogP contribution < -0.4 is 0 Å². The van der Waals surface area contributed by atoms with E-state index in [1.54, 1.807) is 12.0 Å². The molecule has 2 rings (SSSR count). The van der Waals surface area contributed by atoms with Crippen LogP contribution in [0.1, 0.15) is 26.7 Å². The van der Waals surface area contributed by atoms with Crippen LogP contribution in [-0.2, 0) is 9.53 Å². The average molecular weight is 298 g/mol. The number of carboxylic acid groups (broad SMARTS) is 1. The zero-order chi connectivity index (χ0) is 15.6. The first-order valence-corrected chi connectivity index (χ1v) is 7.73. The highest BCUT2D eigenvalue weighted by molar-refractivity contribution is 5.78. The molecule has 1 saturated carbocycles. The van der Waals surface area contributed by atoms with Gasteiger partial charge in [-0.05, 0) is 31.6 Å². The quantitative estimate of drug-likeness (QED) is 0.807. The minimum atomic E-state index is -0.809. The molecule has 1 saturated heterocycles. The van der Waals surface area contributed by atoms with Crippen molar-refractivity contribution < 1.29 is 19.4 Å². The Morgan fingerprint density at radius 3 is 2.52 bits per heavy atom. The molecule has 1 unspecified atom stereocenters. The molecule has 120 valence electrons. The topological polar surface area (TPSA) is 70.1 Å². The van der Waals surface area contributed by atoms with Gasteiger partial charge in [0, 0.05) is 32.8 Å². The maximum Gasteiger partial charge on any atom is 0.320 e. The summed E-state index contributed by atoms with van der Waals surface area (Å²) >= 11 is 0. The zero-order valence-electron chi connectivity index (χ0n) is 13.1. The summed E-state index contributed by atoms with van der Waals surface area (Å²) in [6.45, 7) is 5.90. The molecule has 1 N–H and O–H groups in total. The van der Waals surface area contributed by atoms with E-state index in [0.29, 0.717) is 32.2 Å². The minimum Gasteiger partial charge on any atom is -0.481 e. The lowest BCUT2D eigenvalue weighted by Gasteiger charge is -2.33. The van der Waals surface area contributed by atoms with Gasteiger partial charge >= 0.3 is 12.0 Å². The third kappa shape index (κ3) is 3.67. The number of rotatable bonds is 6. The molecular weight excluding hydrogens is 272 g/mol. The van der Waals surface area contributed by atoms with E-state index < -0.39 is 11.9 Å². The Kier molecular flexibility index (Phi) is 5.08. The summed E-state index contributed by atoms with van der Waals surface area (Å²) in [6.07, 6.45) is 2.35. The fourth-order valence-electron chi connectivity index (χ4n) is 3.12. The molecule has 0 radical (unpaired) electrons. The summed E-state index contributed by atoms with van der Waals surface area (Å²) in [4.78, 5) is 27.5. The smallest absolute Gasteiger partial charge is 0.320 e. The van der Waals surface area contributed by atoms with Crippen LogP contribution in [-0.4, -0.2) is 66.3 Å². The van der Waals surface area contributed by atoms with Gasteiger partial charge in [0.25, 0.3) is 0 Å². The molecule has 6 nitrogen and oxygen atoms in total. The molecule has 0 bridgehead atoms. The number of ether oxygens (including phenoxy) is 1. The second-order valence-corrected chi connectivity index (χ2v) is 6.37.